The Labute approximate surface area is 86.4 Å². The second-order valence-corrected chi connectivity index (χ2v) is 4.86. The minimum Gasteiger partial charge on any atom is -0.464 e. The monoisotopic (exact) mass is 209 g/mol. The highest BCUT2D eigenvalue weighted by atomic mass is 35.5. The van der Waals surface area contributed by atoms with Crippen LogP contribution in [0.25, 0.3) is 0 Å². The molecule has 2 N–H and O–H groups in total. The van der Waals surface area contributed by atoms with Crippen LogP contribution < -0.4 is 5.73 Å². The van der Waals surface area contributed by atoms with E-state index in [9.17, 15) is 4.79 Å². The van der Waals surface area contributed by atoms with Gasteiger partial charge in [0.05, 0.1) is 6.61 Å². The molecule has 0 fully saturated rings. The molecule has 13 heavy (non-hydrogen) atoms. The average Bonchev–Trinajstić information content (AvgIpc) is 1.78. The van der Waals surface area contributed by atoms with E-state index in [-0.39, 0.29) is 23.8 Å². The van der Waals surface area contributed by atoms with Crippen LogP contribution in [0.4, 0.5) is 0 Å². The molecule has 0 rings (SSSR count). The third-order valence-electron chi connectivity index (χ3n) is 1.16. The molecule has 0 aromatic carbocycles. The Bertz CT molecular complexity index is 167. The topological polar surface area (TPSA) is 52.3 Å². The van der Waals surface area contributed by atoms with Gasteiger partial charge in [-0.05, 0) is 19.3 Å². The molecule has 0 aliphatic carbocycles. The lowest BCUT2D eigenvalue weighted by atomic mass is 9.98. The zero-order valence-corrected chi connectivity index (χ0v) is 9.83. The fourth-order valence-electron chi connectivity index (χ4n) is 0.468. The van der Waals surface area contributed by atoms with Crippen LogP contribution in [0.3, 0.4) is 0 Å². The molecule has 0 aromatic heterocycles. The summed E-state index contributed by atoms with van der Waals surface area (Å²) in [5.41, 5.74) is 4.65. The first-order valence-electron chi connectivity index (χ1n) is 4.09. The first-order chi connectivity index (χ1) is 5.13. The Hall–Kier alpha value is -0.280. The number of hydrogen-bond donors (Lipinski definition) is 1. The molecule has 0 aromatic rings. The Morgan fingerprint density at radius 1 is 1.23 bits per heavy atom. The molecule has 0 atom stereocenters. The Morgan fingerprint density at radius 3 is 1.85 bits per heavy atom. The number of carbonyl (C=O) groups excluding carboxylic acids is 1. The summed E-state index contributed by atoms with van der Waals surface area (Å²) < 4.78 is 5.01. The van der Waals surface area contributed by atoms with Crippen molar-refractivity contribution in [2.24, 2.45) is 11.1 Å². The zero-order valence-electron chi connectivity index (χ0n) is 9.01. The van der Waals surface area contributed by atoms with Gasteiger partial charge in [-0.3, -0.25) is 4.79 Å². The summed E-state index contributed by atoms with van der Waals surface area (Å²) in [6.07, 6.45) is 0. The molecule has 3 nitrogen and oxygen atoms in total. The Kier molecular flexibility index (Phi) is 5.63. The van der Waals surface area contributed by atoms with Gasteiger partial charge in [-0.2, -0.15) is 0 Å². The van der Waals surface area contributed by atoms with Gasteiger partial charge in [0.2, 0.25) is 0 Å². The molecule has 0 saturated heterocycles. The van der Waals surface area contributed by atoms with Crippen LogP contribution in [0, 0.1) is 5.41 Å². The minimum atomic E-state index is -0.884. The van der Waals surface area contributed by atoms with Gasteiger partial charge in [-0.1, -0.05) is 20.8 Å². The fraction of sp³-hybridized carbons (Fsp3) is 0.889. The molecule has 0 saturated carbocycles. The smallest absolute Gasteiger partial charge is 0.325 e. The van der Waals surface area contributed by atoms with Gasteiger partial charge < -0.3 is 10.5 Å². The predicted octanol–water partition coefficient (Wildman–Crippen LogP) is 1.73. The van der Waals surface area contributed by atoms with Gasteiger partial charge in [0.15, 0.2) is 0 Å². The summed E-state index contributed by atoms with van der Waals surface area (Å²) in [6.45, 7) is 9.69. The summed E-state index contributed by atoms with van der Waals surface area (Å²) in [5.74, 6) is -0.350. The number of halogens is 1. The van der Waals surface area contributed by atoms with Crippen LogP contribution in [0.15, 0.2) is 0 Å². The van der Waals surface area contributed by atoms with E-state index in [0.29, 0.717) is 6.61 Å². The number of carbonyl (C=O) groups is 1. The van der Waals surface area contributed by atoms with Crippen LogP contribution in [0.1, 0.15) is 34.6 Å². The molecule has 0 bridgehead atoms. The maximum Gasteiger partial charge on any atom is 0.325 e. The van der Waals surface area contributed by atoms with Crippen LogP contribution in [0.2, 0.25) is 0 Å². The van der Waals surface area contributed by atoms with E-state index in [1.807, 2.05) is 20.8 Å². The second kappa shape index (κ2) is 4.82. The standard InChI is InChI=1S/C9H19NO2.ClH/c1-8(2,3)6-12-7(11)9(4,5)10;/h6,10H2,1-5H3;1H. The number of ether oxygens (including phenoxy) is 1. The SMILES string of the molecule is CC(C)(C)COC(=O)C(C)(C)N.Cl. The molecular weight excluding hydrogens is 190 g/mol. The maximum atomic E-state index is 11.2. The van der Waals surface area contributed by atoms with E-state index in [4.69, 9.17) is 10.5 Å². The van der Waals surface area contributed by atoms with E-state index < -0.39 is 5.54 Å². The summed E-state index contributed by atoms with van der Waals surface area (Å²) in [7, 11) is 0. The second-order valence-electron chi connectivity index (χ2n) is 4.86. The van der Waals surface area contributed by atoms with Gasteiger partial charge in [0.25, 0.3) is 0 Å². The molecule has 0 heterocycles. The average molecular weight is 210 g/mol. The number of rotatable bonds is 2. The van der Waals surface area contributed by atoms with E-state index in [1.165, 1.54) is 0 Å². The molecule has 80 valence electrons. The normalized spacial score (nSPS) is 11.8. The summed E-state index contributed by atoms with van der Waals surface area (Å²) in [4.78, 5) is 11.2. The van der Waals surface area contributed by atoms with Gasteiger partial charge >= 0.3 is 5.97 Å². The largest absolute Gasteiger partial charge is 0.464 e. The van der Waals surface area contributed by atoms with Gasteiger partial charge in [-0.15, -0.1) is 12.4 Å². The Balaban J connectivity index is 0. The van der Waals surface area contributed by atoms with Gasteiger partial charge in [0, 0.05) is 0 Å². The van der Waals surface area contributed by atoms with Crippen molar-refractivity contribution in [3.63, 3.8) is 0 Å². The van der Waals surface area contributed by atoms with Crippen LogP contribution in [-0.2, 0) is 9.53 Å². The van der Waals surface area contributed by atoms with Crippen molar-refractivity contribution in [3.8, 4) is 0 Å². The first kappa shape index (κ1) is 15.2. The van der Waals surface area contributed by atoms with E-state index in [1.54, 1.807) is 13.8 Å². The van der Waals surface area contributed by atoms with E-state index >= 15 is 0 Å². The van der Waals surface area contributed by atoms with Crippen molar-refractivity contribution < 1.29 is 9.53 Å². The molecule has 0 aliphatic rings. The number of nitrogens with two attached hydrogens (primary N) is 1. The van der Waals surface area contributed by atoms with Crippen molar-refractivity contribution in [2.45, 2.75) is 40.2 Å². The fourth-order valence-corrected chi connectivity index (χ4v) is 0.468. The summed E-state index contributed by atoms with van der Waals surface area (Å²) in [6, 6.07) is 0. The number of hydrogen-bond acceptors (Lipinski definition) is 3. The summed E-state index contributed by atoms with van der Waals surface area (Å²) >= 11 is 0. The van der Waals surface area contributed by atoms with Crippen molar-refractivity contribution in [3.05, 3.63) is 0 Å². The quantitative estimate of drug-likeness (QED) is 0.705. The van der Waals surface area contributed by atoms with Crippen molar-refractivity contribution in [2.75, 3.05) is 6.61 Å². The lowest BCUT2D eigenvalue weighted by Crippen LogP contribution is -2.43. The van der Waals surface area contributed by atoms with Gasteiger partial charge in [-0.25, -0.2) is 0 Å². The number of esters is 1. The third-order valence-corrected chi connectivity index (χ3v) is 1.16. The van der Waals surface area contributed by atoms with E-state index in [2.05, 4.69) is 0 Å². The lowest BCUT2D eigenvalue weighted by molar-refractivity contribution is -0.151. The van der Waals surface area contributed by atoms with Crippen molar-refractivity contribution in [1.29, 1.82) is 0 Å². The van der Waals surface area contributed by atoms with Crippen molar-refractivity contribution >= 4 is 18.4 Å². The first-order valence-corrected chi connectivity index (χ1v) is 4.09. The maximum absolute atomic E-state index is 11.2. The lowest BCUT2D eigenvalue weighted by Gasteiger charge is -2.22. The molecule has 0 amide bonds. The Morgan fingerprint density at radius 2 is 1.62 bits per heavy atom. The molecule has 4 heteroatoms. The molecular formula is C9H20ClNO2. The molecule has 0 unspecified atom stereocenters. The third kappa shape index (κ3) is 8.06. The van der Waals surface area contributed by atoms with Crippen LogP contribution in [0.5, 0.6) is 0 Å². The molecule has 0 radical (unpaired) electrons. The zero-order chi connectivity index (χ0) is 9.99. The van der Waals surface area contributed by atoms with E-state index in [0.717, 1.165) is 0 Å². The van der Waals surface area contributed by atoms with Gasteiger partial charge in [0.1, 0.15) is 5.54 Å². The highest BCUT2D eigenvalue weighted by Gasteiger charge is 2.25. The molecule has 0 spiro atoms. The molecule has 0 aliphatic heterocycles. The van der Waals surface area contributed by atoms with Crippen LogP contribution >= 0.6 is 12.4 Å². The summed E-state index contributed by atoms with van der Waals surface area (Å²) in [5, 5.41) is 0. The van der Waals surface area contributed by atoms with Crippen LogP contribution in [-0.4, -0.2) is 18.1 Å². The predicted molar refractivity (Wildman–Crippen MR) is 55.9 cm³/mol. The van der Waals surface area contributed by atoms with Crippen molar-refractivity contribution in [1.82, 2.24) is 0 Å². The highest BCUT2D eigenvalue weighted by Crippen LogP contribution is 2.14. The minimum absolute atomic E-state index is 0. The highest BCUT2D eigenvalue weighted by molar-refractivity contribution is 5.85.